The fourth-order valence-electron chi connectivity index (χ4n) is 0.949. The standard InChI is InChI=1S/C9H13N.2ClH.H3N/c1-10(2)8-9-6-4-3-5-7-9;;;/h3-7H,8H2,1-2H3;2*1H;1H3. The molecular weight excluding hydrogens is 207 g/mol. The summed E-state index contributed by atoms with van der Waals surface area (Å²) in [5, 5.41) is 0. The Morgan fingerprint density at radius 1 is 1.00 bits per heavy atom. The van der Waals surface area contributed by atoms with Gasteiger partial charge in [0.2, 0.25) is 0 Å². The van der Waals surface area contributed by atoms with Crippen molar-refractivity contribution in [1.82, 2.24) is 11.1 Å². The molecule has 2 nitrogen and oxygen atoms in total. The minimum Gasteiger partial charge on any atom is -0.344 e. The molecule has 0 saturated carbocycles. The van der Waals surface area contributed by atoms with Crippen LogP contribution in [0.5, 0.6) is 0 Å². The molecule has 0 saturated heterocycles. The van der Waals surface area contributed by atoms with Crippen LogP contribution in [0.15, 0.2) is 30.3 Å². The van der Waals surface area contributed by atoms with Crippen LogP contribution in [0.4, 0.5) is 0 Å². The van der Waals surface area contributed by atoms with E-state index in [0.717, 1.165) is 6.54 Å². The van der Waals surface area contributed by atoms with E-state index in [9.17, 15) is 0 Å². The number of rotatable bonds is 2. The number of nitrogens with zero attached hydrogens (tertiary/aromatic N) is 1. The maximum absolute atomic E-state index is 2.16. The van der Waals surface area contributed by atoms with Crippen LogP contribution in [0.3, 0.4) is 0 Å². The minimum atomic E-state index is 0. The Kier molecular flexibility index (Phi) is 13.9. The van der Waals surface area contributed by atoms with Crippen LogP contribution < -0.4 is 6.15 Å². The Labute approximate surface area is 92.7 Å². The Bertz CT molecular complexity index is 190. The first kappa shape index (κ1) is 18.5. The predicted octanol–water partition coefficient (Wildman–Crippen LogP) is 2.75. The third kappa shape index (κ3) is 8.06. The van der Waals surface area contributed by atoms with Crippen molar-refractivity contribution in [3.05, 3.63) is 35.9 Å². The molecule has 1 aromatic carbocycles. The van der Waals surface area contributed by atoms with E-state index < -0.39 is 0 Å². The van der Waals surface area contributed by atoms with E-state index in [4.69, 9.17) is 0 Å². The lowest BCUT2D eigenvalue weighted by atomic mass is 10.2. The van der Waals surface area contributed by atoms with Crippen LogP contribution >= 0.6 is 24.8 Å². The Morgan fingerprint density at radius 2 is 1.46 bits per heavy atom. The fraction of sp³-hybridized carbons (Fsp3) is 0.333. The zero-order valence-corrected chi connectivity index (χ0v) is 9.70. The van der Waals surface area contributed by atoms with E-state index in [1.165, 1.54) is 5.56 Å². The van der Waals surface area contributed by atoms with Gasteiger partial charge in [-0.1, -0.05) is 30.3 Å². The molecule has 0 radical (unpaired) electrons. The first-order valence-corrected chi connectivity index (χ1v) is 3.47. The monoisotopic (exact) mass is 224 g/mol. The molecule has 0 aromatic heterocycles. The average Bonchev–Trinajstić information content (AvgIpc) is 1.88. The summed E-state index contributed by atoms with van der Waals surface area (Å²) in [5.41, 5.74) is 1.37. The molecule has 0 atom stereocenters. The van der Waals surface area contributed by atoms with Crippen LogP contribution in [0.1, 0.15) is 5.56 Å². The van der Waals surface area contributed by atoms with Crippen molar-refractivity contribution in [2.75, 3.05) is 14.1 Å². The van der Waals surface area contributed by atoms with Gasteiger partial charge in [0, 0.05) is 6.54 Å². The van der Waals surface area contributed by atoms with E-state index in [1.54, 1.807) is 0 Å². The largest absolute Gasteiger partial charge is 0.344 e. The zero-order chi connectivity index (χ0) is 7.40. The summed E-state index contributed by atoms with van der Waals surface area (Å²) in [5.74, 6) is 0. The maximum atomic E-state index is 2.16. The van der Waals surface area contributed by atoms with Crippen molar-refractivity contribution in [3.8, 4) is 0 Å². The highest BCUT2D eigenvalue weighted by Gasteiger charge is 1.90. The lowest BCUT2D eigenvalue weighted by Crippen LogP contribution is -2.10. The number of benzene rings is 1. The van der Waals surface area contributed by atoms with Crippen LogP contribution in [0, 0.1) is 0 Å². The van der Waals surface area contributed by atoms with Gasteiger partial charge >= 0.3 is 0 Å². The molecule has 1 aromatic rings. The smallest absolute Gasteiger partial charge is 0.0227 e. The van der Waals surface area contributed by atoms with Gasteiger partial charge in [0.15, 0.2) is 0 Å². The highest BCUT2D eigenvalue weighted by atomic mass is 35.5. The van der Waals surface area contributed by atoms with Gasteiger partial charge in [-0.15, -0.1) is 24.8 Å². The molecule has 0 amide bonds. The van der Waals surface area contributed by atoms with E-state index >= 15 is 0 Å². The molecule has 0 aliphatic carbocycles. The van der Waals surface area contributed by atoms with Gasteiger partial charge in [-0.2, -0.15) is 0 Å². The molecule has 0 unspecified atom stereocenters. The molecule has 0 heterocycles. The first-order chi connectivity index (χ1) is 4.79. The second-order valence-corrected chi connectivity index (χ2v) is 2.72. The molecule has 13 heavy (non-hydrogen) atoms. The summed E-state index contributed by atoms with van der Waals surface area (Å²) in [6.07, 6.45) is 0. The summed E-state index contributed by atoms with van der Waals surface area (Å²) in [4.78, 5) is 2.16. The van der Waals surface area contributed by atoms with Gasteiger partial charge in [0.05, 0.1) is 0 Å². The second kappa shape index (κ2) is 9.81. The molecular formula is C9H18Cl2N2. The van der Waals surface area contributed by atoms with Crippen molar-refractivity contribution in [2.45, 2.75) is 6.54 Å². The van der Waals surface area contributed by atoms with Gasteiger partial charge in [-0.25, -0.2) is 0 Å². The van der Waals surface area contributed by atoms with Crippen LogP contribution in [-0.4, -0.2) is 19.0 Å². The van der Waals surface area contributed by atoms with Crippen LogP contribution in [-0.2, 0) is 6.54 Å². The van der Waals surface area contributed by atoms with E-state index in [1.807, 2.05) is 6.07 Å². The quantitative estimate of drug-likeness (QED) is 0.840. The Hall–Kier alpha value is -0.280. The lowest BCUT2D eigenvalue weighted by molar-refractivity contribution is 0.402. The first-order valence-electron chi connectivity index (χ1n) is 3.47. The van der Waals surface area contributed by atoms with E-state index in [0.29, 0.717) is 0 Å². The molecule has 0 spiro atoms. The third-order valence-electron chi connectivity index (χ3n) is 1.34. The van der Waals surface area contributed by atoms with Crippen molar-refractivity contribution < 1.29 is 0 Å². The normalized spacial score (nSPS) is 7.92. The van der Waals surface area contributed by atoms with Crippen molar-refractivity contribution in [3.63, 3.8) is 0 Å². The number of hydrogen-bond acceptors (Lipinski definition) is 2. The summed E-state index contributed by atoms with van der Waals surface area (Å²) in [6.45, 7) is 1.03. The number of hydrogen-bond donors (Lipinski definition) is 1. The molecule has 78 valence electrons. The van der Waals surface area contributed by atoms with Crippen molar-refractivity contribution in [2.24, 2.45) is 0 Å². The van der Waals surface area contributed by atoms with E-state index in [2.05, 4.69) is 43.3 Å². The third-order valence-corrected chi connectivity index (χ3v) is 1.34. The minimum absolute atomic E-state index is 0. The average molecular weight is 225 g/mol. The summed E-state index contributed by atoms with van der Waals surface area (Å²) in [7, 11) is 4.15. The van der Waals surface area contributed by atoms with Gasteiger partial charge in [0.1, 0.15) is 0 Å². The topological polar surface area (TPSA) is 38.2 Å². The van der Waals surface area contributed by atoms with Gasteiger partial charge in [-0.05, 0) is 19.7 Å². The van der Waals surface area contributed by atoms with Crippen LogP contribution in [0.2, 0.25) is 0 Å². The lowest BCUT2D eigenvalue weighted by Gasteiger charge is -2.08. The second-order valence-electron chi connectivity index (χ2n) is 2.72. The SMILES string of the molecule is CN(C)Cc1ccccc1.Cl.Cl.N. The molecule has 4 heteroatoms. The Balaban J connectivity index is -0.000000333. The van der Waals surface area contributed by atoms with Gasteiger partial charge in [-0.3, -0.25) is 0 Å². The molecule has 0 fully saturated rings. The maximum Gasteiger partial charge on any atom is 0.0227 e. The van der Waals surface area contributed by atoms with Crippen molar-refractivity contribution in [1.29, 1.82) is 0 Å². The highest BCUT2D eigenvalue weighted by Crippen LogP contribution is 1.99. The fourth-order valence-corrected chi connectivity index (χ4v) is 0.949. The molecule has 0 aliphatic heterocycles. The number of halogens is 2. The predicted molar refractivity (Wildman–Crippen MR) is 63.4 cm³/mol. The molecule has 3 N–H and O–H groups in total. The summed E-state index contributed by atoms with van der Waals surface area (Å²) in [6, 6.07) is 10.5. The summed E-state index contributed by atoms with van der Waals surface area (Å²) < 4.78 is 0. The van der Waals surface area contributed by atoms with E-state index in [-0.39, 0.29) is 31.0 Å². The van der Waals surface area contributed by atoms with Crippen LogP contribution in [0.25, 0.3) is 0 Å². The van der Waals surface area contributed by atoms with Crippen molar-refractivity contribution >= 4 is 24.8 Å². The Morgan fingerprint density at radius 3 is 1.85 bits per heavy atom. The summed E-state index contributed by atoms with van der Waals surface area (Å²) >= 11 is 0. The molecule has 0 bridgehead atoms. The zero-order valence-electron chi connectivity index (χ0n) is 8.06. The van der Waals surface area contributed by atoms with Gasteiger partial charge in [0.25, 0.3) is 0 Å². The molecule has 1 rings (SSSR count). The molecule has 0 aliphatic rings. The highest BCUT2D eigenvalue weighted by molar-refractivity contribution is 5.85. The van der Waals surface area contributed by atoms with Gasteiger partial charge < -0.3 is 11.1 Å².